The minimum Gasteiger partial charge on any atom is -0.325 e. The van der Waals surface area contributed by atoms with E-state index in [9.17, 15) is 17.6 Å². The molecule has 0 aliphatic rings. The molecule has 150 valence electrons. The number of sulfonamides is 1. The second-order valence-electron chi connectivity index (χ2n) is 5.88. The van der Waals surface area contributed by atoms with Crippen molar-refractivity contribution in [2.75, 3.05) is 10.0 Å². The van der Waals surface area contributed by atoms with E-state index < -0.39 is 15.3 Å². The van der Waals surface area contributed by atoms with E-state index in [4.69, 9.17) is 0 Å². The smallest absolute Gasteiger partial charge is 0.264 e. The van der Waals surface area contributed by atoms with E-state index in [1.165, 1.54) is 42.7 Å². The lowest BCUT2D eigenvalue weighted by atomic mass is 10.3. The van der Waals surface area contributed by atoms with E-state index in [1.807, 2.05) is 0 Å². The van der Waals surface area contributed by atoms with Crippen molar-refractivity contribution in [3.8, 4) is 0 Å². The molecule has 2 N–H and O–H groups in total. The number of benzene rings is 2. The summed E-state index contributed by atoms with van der Waals surface area (Å²) in [6.07, 6.45) is 2.84. The number of nitrogens with zero attached hydrogens (tertiary/aromatic N) is 2. The van der Waals surface area contributed by atoms with Gasteiger partial charge in [0.2, 0.25) is 11.9 Å². The Labute approximate surface area is 171 Å². The van der Waals surface area contributed by atoms with Crippen molar-refractivity contribution in [2.24, 2.45) is 0 Å². The van der Waals surface area contributed by atoms with Gasteiger partial charge in [0.15, 0.2) is 0 Å². The minimum atomic E-state index is -3.85. The van der Waals surface area contributed by atoms with Crippen molar-refractivity contribution in [1.29, 1.82) is 0 Å². The molecule has 1 atom stereocenters. The summed E-state index contributed by atoms with van der Waals surface area (Å²) in [6, 6.07) is 13.4. The number of halogens is 1. The molecule has 10 heteroatoms. The zero-order valence-electron chi connectivity index (χ0n) is 15.2. The van der Waals surface area contributed by atoms with Gasteiger partial charge in [0.05, 0.1) is 10.1 Å². The van der Waals surface area contributed by atoms with Gasteiger partial charge in [-0.3, -0.25) is 4.79 Å². The molecule has 29 heavy (non-hydrogen) atoms. The molecule has 0 radical (unpaired) electrons. The predicted octanol–water partition coefficient (Wildman–Crippen LogP) is 3.54. The maximum absolute atomic E-state index is 13.7. The lowest BCUT2D eigenvalue weighted by Crippen LogP contribution is -2.22. The van der Waals surface area contributed by atoms with Crippen LogP contribution >= 0.6 is 11.8 Å². The first-order valence-electron chi connectivity index (χ1n) is 8.47. The van der Waals surface area contributed by atoms with Crippen molar-refractivity contribution in [1.82, 2.24) is 9.97 Å². The molecule has 1 aromatic heterocycles. The van der Waals surface area contributed by atoms with Gasteiger partial charge in [-0.25, -0.2) is 27.5 Å². The van der Waals surface area contributed by atoms with Crippen LogP contribution < -0.4 is 10.0 Å². The van der Waals surface area contributed by atoms with Crippen LogP contribution in [0, 0.1) is 5.82 Å². The van der Waals surface area contributed by atoms with Crippen LogP contribution in [0.15, 0.2) is 76.8 Å². The van der Waals surface area contributed by atoms with Gasteiger partial charge < -0.3 is 5.32 Å². The Hall–Kier alpha value is -2.98. The minimum absolute atomic E-state index is 0.00303. The average molecular weight is 433 g/mol. The van der Waals surface area contributed by atoms with Gasteiger partial charge in [-0.05, 0) is 49.4 Å². The number of nitrogens with one attached hydrogen (secondary N) is 2. The lowest BCUT2D eigenvalue weighted by Gasteiger charge is -2.13. The van der Waals surface area contributed by atoms with E-state index in [-0.39, 0.29) is 22.6 Å². The Morgan fingerprint density at radius 1 is 1.03 bits per heavy atom. The van der Waals surface area contributed by atoms with Crippen molar-refractivity contribution >= 4 is 39.3 Å². The molecule has 1 amide bonds. The van der Waals surface area contributed by atoms with E-state index in [2.05, 4.69) is 20.0 Å². The highest BCUT2D eigenvalue weighted by Crippen LogP contribution is 2.26. The Balaban J connectivity index is 1.64. The van der Waals surface area contributed by atoms with Crippen molar-refractivity contribution in [3.05, 3.63) is 72.8 Å². The van der Waals surface area contributed by atoms with E-state index >= 15 is 0 Å². The summed E-state index contributed by atoms with van der Waals surface area (Å²) in [5.41, 5.74) is 0.422. The summed E-state index contributed by atoms with van der Waals surface area (Å²) in [5, 5.41) is 2.14. The summed E-state index contributed by atoms with van der Waals surface area (Å²) >= 11 is 1.10. The molecule has 2 aromatic carbocycles. The van der Waals surface area contributed by atoms with E-state index in [0.717, 1.165) is 11.8 Å². The van der Waals surface area contributed by atoms with E-state index in [0.29, 0.717) is 10.6 Å². The summed E-state index contributed by atoms with van der Waals surface area (Å²) in [4.78, 5) is 20.4. The second-order valence-corrected chi connectivity index (χ2v) is 8.95. The molecule has 0 fully saturated rings. The van der Waals surface area contributed by atoms with Crippen LogP contribution in [0.2, 0.25) is 0 Å². The van der Waals surface area contributed by atoms with E-state index in [1.54, 1.807) is 31.2 Å². The first-order chi connectivity index (χ1) is 13.8. The Morgan fingerprint density at radius 3 is 2.34 bits per heavy atom. The van der Waals surface area contributed by atoms with Crippen LogP contribution in [-0.2, 0) is 14.8 Å². The summed E-state index contributed by atoms with van der Waals surface area (Å²) in [7, 11) is -3.85. The first kappa shape index (κ1) is 20.7. The molecular weight excluding hydrogens is 415 g/mol. The van der Waals surface area contributed by atoms with Crippen molar-refractivity contribution in [2.45, 2.75) is 22.0 Å². The number of aromatic nitrogens is 2. The predicted molar refractivity (Wildman–Crippen MR) is 110 cm³/mol. The number of hydrogen-bond acceptors (Lipinski definition) is 6. The molecule has 3 aromatic rings. The van der Waals surface area contributed by atoms with Gasteiger partial charge in [-0.1, -0.05) is 12.1 Å². The Kier molecular flexibility index (Phi) is 6.45. The first-order valence-corrected chi connectivity index (χ1v) is 10.8. The Bertz CT molecular complexity index is 1090. The summed E-state index contributed by atoms with van der Waals surface area (Å²) in [6.45, 7) is 1.66. The number of carbonyl (C=O) groups is 1. The molecule has 1 heterocycles. The molecule has 1 unspecified atom stereocenters. The topological polar surface area (TPSA) is 101 Å². The Morgan fingerprint density at radius 2 is 1.69 bits per heavy atom. The number of anilines is 2. The largest absolute Gasteiger partial charge is 0.325 e. The zero-order valence-corrected chi connectivity index (χ0v) is 16.9. The van der Waals surface area contributed by atoms with Crippen LogP contribution in [-0.4, -0.2) is 29.5 Å². The fraction of sp³-hybridized carbons (Fsp3) is 0.105. The fourth-order valence-corrected chi connectivity index (χ4v) is 4.12. The molecule has 0 aliphatic carbocycles. The second kappa shape index (κ2) is 9.01. The highest BCUT2D eigenvalue weighted by atomic mass is 32.2. The SMILES string of the molecule is CC(Sc1ccccc1F)C(=O)Nc1ccc(S(=O)(=O)Nc2ncccn2)cc1. The number of thioether (sulfide) groups is 1. The van der Waals surface area contributed by atoms with Crippen LogP contribution in [0.1, 0.15) is 6.92 Å². The number of amides is 1. The van der Waals surface area contributed by atoms with Crippen LogP contribution in [0.5, 0.6) is 0 Å². The number of carbonyl (C=O) groups excluding carboxylic acids is 1. The van der Waals surface area contributed by atoms with Crippen LogP contribution in [0.25, 0.3) is 0 Å². The molecule has 0 spiro atoms. The molecule has 7 nitrogen and oxygen atoms in total. The third-order valence-corrected chi connectivity index (χ3v) is 6.23. The van der Waals surface area contributed by atoms with Crippen LogP contribution in [0.3, 0.4) is 0 Å². The maximum atomic E-state index is 13.7. The summed E-state index contributed by atoms with van der Waals surface area (Å²) in [5.74, 6) is -0.754. The van der Waals surface area contributed by atoms with Crippen molar-refractivity contribution < 1.29 is 17.6 Å². The molecule has 0 saturated carbocycles. The number of hydrogen-bond donors (Lipinski definition) is 2. The standard InChI is InChI=1S/C19H17FN4O3S2/c1-13(28-17-6-3-2-5-16(17)20)18(25)23-14-7-9-15(10-8-14)29(26,27)24-19-21-11-4-12-22-19/h2-13H,1H3,(H,23,25)(H,21,22,24). The highest BCUT2D eigenvalue weighted by Gasteiger charge is 2.18. The normalized spacial score (nSPS) is 12.2. The maximum Gasteiger partial charge on any atom is 0.264 e. The number of rotatable bonds is 7. The van der Waals surface area contributed by atoms with Crippen LogP contribution in [0.4, 0.5) is 16.0 Å². The van der Waals surface area contributed by atoms with Gasteiger partial charge in [-0.15, -0.1) is 11.8 Å². The zero-order chi connectivity index (χ0) is 20.9. The average Bonchev–Trinajstić information content (AvgIpc) is 2.70. The lowest BCUT2D eigenvalue weighted by molar-refractivity contribution is -0.115. The van der Waals surface area contributed by atoms with Crippen molar-refractivity contribution in [3.63, 3.8) is 0 Å². The van der Waals surface area contributed by atoms with Gasteiger partial charge in [0.25, 0.3) is 10.0 Å². The van der Waals surface area contributed by atoms with Gasteiger partial charge in [0, 0.05) is 23.0 Å². The molecule has 0 bridgehead atoms. The molecule has 3 rings (SSSR count). The fourth-order valence-electron chi connectivity index (χ4n) is 2.28. The molecular formula is C19H17FN4O3S2. The highest BCUT2D eigenvalue weighted by molar-refractivity contribution is 8.00. The molecule has 0 aliphatic heterocycles. The van der Waals surface area contributed by atoms with Gasteiger partial charge in [0.1, 0.15) is 5.82 Å². The van der Waals surface area contributed by atoms with Gasteiger partial charge in [-0.2, -0.15) is 0 Å². The third kappa shape index (κ3) is 5.52. The van der Waals surface area contributed by atoms with Gasteiger partial charge >= 0.3 is 0 Å². The third-order valence-electron chi connectivity index (χ3n) is 3.73. The summed E-state index contributed by atoms with van der Waals surface area (Å²) < 4.78 is 40.7. The quantitative estimate of drug-likeness (QED) is 0.554. The monoisotopic (exact) mass is 432 g/mol. The molecule has 0 saturated heterocycles.